The summed E-state index contributed by atoms with van der Waals surface area (Å²) in [4.78, 5) is 30.4. The van der Waals surface area contributed by atoms with Crippen molar-refractivity contribution in [3.8, 4) is 0 Å². The van der Waals surface area contributed by atoms with E-state index in [1.807, 2.05) is 39.9 Å². The summed E-state index contributed by atoms with van der Waals surface area (Å²) in [7, 11) is 0. The van der Waals surface area contributed by atoms with E-state index in [0.717, 1.165) is 49.6 Å². The number of likely N-dealkylation sites (tertiary alicyclic amines) is 1. The molecule has 26 heavy (non-hydrogen) atoms. The van der Waals surface area contributed by atoms with Crippen LogP contribution in [0.25, 0.3) is 5.65 Å². The maximum absolute atomic E-state index is 13.2. The molecule has 3 aromatic heterocycles. The monoisotopic (exact) mass is 348 g/mol. The summed E-state index contributed by atoms with van der Waals surface area (Å²) < 4.78 is 2.04. The molecule has 0 N–H and O–H groups in total. The first-order valence-electron chi connectivity index (χ1n) is 8.97. The molecule has 0 aromatic carbocycles. The molecule has 0 bridgehead atoms. The van der Waals surface area contributed by atoms with Gasteiger partial charge in [0.05, 0.1) is 30.0 Å². The molecule has 1 unspecified atom stereocenters. The normalized spacial score (nSPS) is 22.8. The van der Waals surface area contributed by atoms with Gasteiger partial charge in [-0.3, -0.25) is 19.2 Å². The van der Waals surface area contributed by atoms with E-state index >= 15 is 0 Å². The molecule has 1 spiro atoms. The fourth-order valence-electron chi connectivity index (χ4n) is 4.25. The summed E-state index contributed by atoms with van der Waals surface area (Å²) in [6, 6.07) is 5.84. The number of imidazole rings is 1. The first-order chi connectivity index (χ1) is 12.8. The van der Waals surface area contributed by atoms with E-state index in [-0.39, 0.29) is 11.3 Å². The van der Waals surface area contributed by atoms with Crippen molar-refractivity contribution in [3.63, 3.8) is 0 Å². The number of hydrogen-bond donors (Lipinski definition) is 0. The van der Waals surface area contributed by atoms with Crippen molar-refractivity contribution in [1.82, 2.24) is 24.3 Å². The fourth-order valence-corrected chi connectivity index (χ4v) is 4.25. The Balaban J connectivity index is 1.37. The van der Waals surface area contributed by atoms with Gasteiger partial charge in [-0.05, 0) is 25.0 Å². The van der Waals surface area contributed by atoms with Gasteiger partial charge in [0.25, 0.3) is 0 Å². The number of carbonyl (C=O) groups excluding carboxylic acids is 1. The van der Waals surface area contributed by atoms with Gasteiger partial charge in [-0.2, -0.15) is 0 Å². The van der Waals surface area contributed by atoms with E-state index in [0.29, 0.717) is 6.54 Å². The minimum atomic E-state index is -0.280. The quantitative estimate of drug-likeness (QED) is 0.721. The largest absolute Gasteiger partial charge is 0.355 e. The molecule has 1 amide bonds. The van der Waals surface area contributed by atoms with Crippen LogP contribution in [0.2, 0.25) is 0 Å². The molecule has 0 aliphatic carbocycles. The van der Waals surface area contributed by atoms with Crippen molar-refractivity contribution in [2.75, 3.05) is 24.5 Å². The summed E-state index contributed by atoms with van der Waals surface area (Å²) in [6.45, 7) is 3.00. The van der Waals surface area contributed by atoms with Crippen LogP contribution in [-0.2, 0) is 11.3 Å². The third-order valence-electron chi connectivity index (χ3n) is 5.65. The molecule has 5 rings (SSSR count). The second-order valence-corrected chi connectivity index (χ2v) is 7.17. The Morgan fingerprint density at radius 3 is 2.88 bits per heavy atom. The van der Waals surface area contributed by atoms with Gasteiger partial charge in [0.2, 0.25) is 5.91 Å². The Bertz CT molecular complexity index is 955. The van der Waals surface area contributed by atoms with Gasteiger partial charge >= 0.3 is 0 Å². The molecule has 1 atom stereocenters. The standard InChI is InChI=1S/C19H20N6O/c26-18-19(4-8-23(18)13-15-3-1-2-6-21-15)5-9-24(14-19)17-12-20-11-16-22-7-10-25(16)17/h1-3,6-7,10-12H,4-5,8-9,13-14H2. The Kier molecular flexibility index (Phi) is 3.41. The summed E-state index contributed by atoms with van der Waals surface area (Å²) in [6.07, 6.45) is 10.9. The zero-order chi connectivity index (χ0) is 17.6. The molecule has 5 heterocycles. The van der Waals surface area contributed by atoms with Crippen LogP contribution in [0.3, 0.4) is 0 Å². The number of hydrogen-bond acceptors (Lipinski definition) is 5. The van der Waals surface area contributed by atoms with Crippen LogP contribution in [0.5, 0.6) is 0 Å². The van der Waals surface area contributed by atoms with Gasteiger partial charge < -0.3 is 9.80 Å². The lowest BCUT2D eigenvalue weighted by Gasteiger charge is -2.24. The van der Waals surface area contributed by atoms with E-state index in [4.69, 9.17) is 0 Å². The number of rotatable bonds is 3. The molecule has 0 saturated carbocycles. The molecule has 2 aliphatic rings. The van der Waals surface area contributed by atoms with Gasteiger partial charge in [-0.1, -0.05) is 6.07 Å². The van der Waals surface area contributed by atoms with Gasteiger partial charge in [0.1, 0.15) is 5.82 Å². The minimum absolute atomic E-state index is 0.261. The summed E-state index contributed by atoms with van der Waals surface area (Å²) in [5.74, 6) is 1.27. The Morgan fingerprint density at radius 2 is 2.00 bits per heavy atom. The average molecular weight is 348 g/mol. The number of nitrogens with zero attached hydrogens (tertiary/aromatic N) is 6. The highest BCUT2D eigenvalue weighted by atomic mass is 16.2. The van der Waals surface area contributed by atoms with Crippen LogP contribution in [-0.4, -0.2) is 49.8 Å². The van der Waals surface area contributed by atoms with Gasteiger partial charge in [-0.25, -0.2) is 4.98 Å². The first kappa shape index (κ1) is 15.3. The molecule has 2 fully saturated rings. The number of anilines is 1. The van der Waals surface area contributed by atoms with Crippen LogP contribution < -0.4 is 4.90 Å². The topological polar surface area (TPSA) is 66.6 Å². The van der Waals surface area contributed by atoms with E-state index in [9.17, 15) is 4.79 Å². The second-order valence-electron chi connectivity index (χ2n) is 7.17. The van der Waals surface area contributed by atoms with Crippen molar-refractivity contribution < 1.29 is 4.79 Å². The zero-order valence-corrected chi connectivity index (χ0v) is 14.5. The maximum atomic E-state index is 13.2. The average Bonchev–Trinajstić information content (AvgIpc) is 3.39. The molecule has 2 saturated heterocycles. The Hall–Kier alpha value is -2.96. The van der Waals surface area contributed by atoms with Crippen LogP contribution in [0, 0.1) is 5.41 Å². The van der Waals surface area contributed by atoms with Crippen LogP contribution >= 0.6 is 0 Å². The van der Waals surface area contributed by atoms with Crippen molar-refractivity contribution in [1.29, 1.82) is 0 Å². The predicted molar refractivity (Wildman–Crippen MR) is 96.5 cm³/mol. The molecular weight excluding hydrogens is 328 g/mol. The number of amides is 1. The highest BCUT2D eigenvalue weighted by Crippen LogP contribution is 2.42. The van der Waals surface area contributed by atoms with Crippen molar-refractivity contribution in [3.05, 3.63) is 54.9 Å². The molecule has 7 nitrogen and oxygen atoms in total. The van der Waals surface area contributed by atoms with Crippen molar-refractivity contribution >= 4 is 17.4 Å². The summed E-state index contributed by atoms with van der Waals surface area (Å²) >= 11 is 0. The smallest absolute Gasteiger partial charge is 0.231 e. The van der Waals surface area contributed by atoms with Crippen LogP contribution in [0.15, 0.2) is 49.2 Å². The third-order valence-corrected chi connectivity index (χ3v) is 5.65. The Labute approximate surface area is 151 Å². The molecule has 3 aromatic rings. The number of fused-ring (bicyclic) bond motifs is 1. The SMILES string of the molecule is O=C1N(Cc2ccccn2)CCC12CCN(c1cncc3nccn13)C2. The van der Waals surface area contributed by atoms with Crippen LogP contribution in [0.1, 0.15) is 18.5 Å². The van der Waals surface area contributed by atoms with E-state index in [1.54, 1.807) is 18.6 Å². The third kappa shape index (κ3) is 2.34. The number of carbonyl (C=O) groups is 1. The highest BCUT2D eigenvalue weighted by molar-refractivity contribution is 5.86. The van der Waals surface area contributed by atoms with Crippen molar-refractivity contribution in [2.45, 2.75) is 19.4 Å². The van der Waals surface area contributed by atoms with Gasteiger partial charge in [0.15, 0.2) is 5.65 Å². The Morgan fingerprint density at radius 1 is 1.08 bits per heavy atom. The molecule has 132 valence electrons. The lowest BCUT2D eigenvalue weighted by Crippen LogP contribution is -2.37. The first-order valence-corrected chi connectivity index (χ1v) is 8.97. The van der Waals surface area contributed by atoms with Crippen molar-refractivity contribution in [2.24, 2.45) is 5.41 Å². The zero-order valence-electron chi connectivity index (χ0n) is 14.5. The lowest BCUT2D eigenvalue weighted by molar-refractivity contribution is -0.135. The fraction of sp³-hybridized carbons (Fsp3) is 0.368. The number of aromatic nitrogens is 4. The lowest BCUT2D eigenvalue weighted by atomic mass is 9.85. The highest BCUT2D eigenvalue weighted by Gasteiger charge is 2.51. The van der Waals surface area contributed by atoms with E-state index < -0.39 is 0 Å². The molecular formula is C19H20N6O. The second kappa shape index (κ2) is 5.79. The van der Waals surface area contributed by atoms with Crippen LogP contribution in [0.4, 0.5) is 5.82 Å². The minimum Gasteiger partial charge on any atom is -0.355 e. The van der Waals surface area contributed by atoms with E-state index in [1.165, 1.54) is 0 Å². The molecule has 2 aliphatic heterocycles. The number of pyridine rings is 1. The summed E-state index contributed by atoms with van der Waals surface area (Å²) in [5, 5.41) is 0. The van der Waals surface area contributed by atoms with Gasteiger partial charge in [0, 0.05) is 38.2 Å². The predicted octanol–water partition coefficient (Wildman–Crippen LogP) is 1.75. The molecule has 0 radical (unpaired) electrons. The maximum Gasteiger partial charge on any atom is 0.231 e. The van der Waals surface area contributed by atoms with E-state index in [2.05, 4.69) is 19.9 Å². The molecule has 7 heteroatoms. The van der Waals surface area contributed by atoms with Gasteiger partial charge in [-0.15, -0.1) is 0 Å². The summed E-state index contributed by atoms with van der Waals surface area (Å²) in [5.41, 5.74) is 1.50.